The predicted octanol–water partition coefficient (Wildman–Crippen LogP) is 7.03. The molecule has 6 nitrogen and oxygen atoms in total. The molecule has 4 aromatic carbocycles. The third-order valence-electron chi connectivity index (χ3n) is 6.85. The second kappa shape index (κ2) is 10.4. The first-order valence-electron chi connectivity index (χ1n) is 12.7. The van der Waals surface area contributed by atoms with Gasteiger partial charge >= 0.3 is 0 Å². The van der Waals surface area contributed by atoms with Gasteiger partial charge in [-0.25, -0.2) is 0 Å². The Morgan fingerprint density at radius 2 is 0.850 bits per heavy atom. The van der Waals surface area contributed by atoms with E-state index in [4.69, 9.17) is 0 Å². The van der Waals surface area contributed by atoms with E-state index < -0.39 is 23.4 Å². The molecule has 0 unspecified atom stereocenters. The van der Waals surface area contributed by atoms with E-state index in [2.05, 4.69) is 23.8 Å². The van der Waals surface area contributed by atoms with E-state index in [0.29, 0.717) is 11.1 Å². The van der Waals surface area contributed by atoms with Gasteiger partial charge in [0.05, 0.1) is 22.5 Å². The topological polar surface area (TPSA) is 92.3 Å². The molecule has 0 aliphatic heterocycles. The van der Waals surface area contributed by atoms with Crippen LogP contribution < -0.4 is 10.6 Å². The van der Waals surface area contributed by atoms with Crippen LogP contribution in [0.4, 0.5) is 11.4 Å². The van der Waals surface area contributed by atoms with E-state index in [1.807, 2.05) is 13.8 Å². The lowest BCUT2D eigenvalue weighted by Crippen LogP contribution is -2.26. The summed E-state index contributed by atoms with van der Waals surface area (Å²) in [7, 11) is 0. The van der Waals surface area contributed by atoms with Gasteiger partial charge in [0.2, 0.25) is 0 Å². The molecule has 40 heavy (non-hydrogen) atoms. The molecule has 0 aromatic heterocycles. The third-order valence-corrected chi connectivity index (χ3v) is 6.85. The summed E-state index contributed by atoms with van der Waals surface area (Å²) in [6.45, 7) is 11.6. The van der Waals surface area contributed by atoms with Crippen LogP contribution in [0.5, 0.6) is 0 Å². The average Bonchev–Trinajstić information content (AvgIpc) is 2.95. The summed E-state index contributed by atoms with van der Waals surface area (Å²) < 4.78 is 0. The molecule has 0 bridgehead atoms. The van der Waals surface area contributed by atoms with E-state index in [-0.39, 0.29) is 33.6 Å². The number of allylic oxidation sites excluding steroid dienone is 2. The molecule has 5 rings (SSSR count). The van der Waals surface area contributed by atoms with Crippen LogP contribution in [0, 0.1) is 0 Å². The Hall–Kier alpha value is -5.36. The van der Waals surface area contributed by atoms with Crippen LogP contribution in [0.1, 0.15) is 77.5 Å². The highest BCUT2D eigenvalue weighted by molar-refractivity contribution is 6.32. The van der Waals surface area contributed by atoms with Crippen molar-refractivity contribution in [1.82, 2.24) is 0 Å². The van der Waals surface area contributed by atoms with Crippen molar-refractivity contribution in [3.8, 4) is 0 Å². The molecule has 0 saturated heterocycles. The molecule has 0 spiro atoms. The first-order valence-corrected chi connectivity index (χ1v) is 12.7. The van der Waals surface area contributed by atoms with Crippen molar-refractivity contribution in [1.29, 1.82) is 0 Å². The zero-order valence-electron chi connectivity index (χ0n) is 22.1. The van der Waals surface area contributed by atoms with Crippen molar-refractivity contribution in [2.45, 2.75) is 13.8 Å². The van der Waals surface area contributed by atoms with Gasteiger partial charge in [0.1, 0.15) is 0 Å². The normalized spacial score (nSPS) is 11.8. The quantitative estimate of drug-likeness (QED) is 0.248. The van der Waals surface area contributed by atoms with Gasteiger partial charge in [0.25, 0.3) is 11.8 Å². The van der Waals surface area contributed by atoms with Crippen LogP contribution in [-0.4, -0.2) is 23.4 Å². The maximum Gasteiger partial charge on any atom is 0.255 e. The van der Waals surface area contributed by atoms with E-state index in [1.54, 1.807) is 84.9 Å². The van der Waals surface area contributed by atoms with Gasteiger partial charge in [-0.05, 0) is 61.4 Å². The van der Waals surface area contributed by atoms with Gasteiger partial charge in [-0.1, -0.05) is 72.8 Å². The summed E-state index contributed by atoms with van der Waals surface area (Å²) in [4.78, 5) is 53.4. The summed E-state index contributed by atoms with van der Waals surface area (Å²) in [5.74, 6) is -1.65. The largest absolute Gasteiger partial charge is 0.321 e. The zero-order chi connectivity index (χ0) is 28.6. The van der Waals surface area contributed by atoms with E-state index in [1.165, 1.54) is 0 Å². The van der Waals surface area contributed by atoms with Crippen molar-refractivity contribution in [3.05, 3.63) is 143 Å². The Morgan fingerprint density at radius 3 is 1.18 bits per heavy atom. The molecule has 0 radical (unpaired) electrons. The molecule has 0 heterocycles. The van der Waals surface area contributed by atoms with Crippen molar-refractivity contribution in [2.75, 3.05) is 10.6 Å². The van der Waals surface area contributed by atoms with Crippen LogP contribution >= 0.6 is 0 Å². The molecule has 0 fully saturated rings. The molecule has 196 valence electrons. The molecule has 6 heteroatoms. The number of fused-ring (bicyclic) bond motifs is 2. The fourth-order valence-corrected chi connectivity index (χ4v) is 4.65. The van der Waals surface area contributed by atoms with Crippen molar-refractivity contribution in [2.24, 2.45) is 0 Å². The van der Waals surface area contributed by atoms with Gasteiger partial charge in [0, 0.05) is 22.3 Å². The summed E-state index contributed by atoms with van der Waals surface area (Å²) in [6, 6.07) is 23.4. The number of carbonyl (C=O) groups excluding carboxylic acids is 4. The number of hydrogen-bond acceptors (Lipinski definition) is 4. The smallest absolute Gasteiger partial charge is 0.255 e. The Balaban J connectivity index is 1.45. The van der Waals surface area contributed by atoms with Crippen LogP contribution in [0.15, 0.2) is 98.1 Å². The Labute approximate surface area is 232 Å². The zero-order valence-corrected chi connectivity index (χ0v) is 22.1. The van der Waals surface area contributed by atoms with Crippen LogP contribution in [0.3, 0.4) is 0 Å². The Morgan fingerprint density at radius 1 is 0.525 bits per heavy atom. The second-order valence-corrected chi connectivity index (χ2v) is 9.74. The standard InChI is InChI=1S/C34H26N2O4/c1-19(2)21-11-15-23(16-12-21)33(39)35-27-9-5-7-25-29(27)31(37)26-8-6-10-28(30(26)32(25)38)36-34(40)24-17-13-22(14-18-24)20(3)4/h5-18H,1,3H2,2,4H3,(H,35,39)(H,36,40). The number of anilines is 2. The van der Waals surface area contributed by atoms with Crippen LogP contribution in [-0.2, 0) is 0 Å². The lowest BCUT2D eigenvalue weighted by molar-refractivity contribution is 0.0977. The minimum Gasteiger partial charge on any atom is -0.321 e. The van der Waals surface area contributed by atoms with Crippen LogP contribution in [0.25, 0.3) is 11.1 Å². The Kier molecular flexibility index (Phi) is 6.84. The number of amides is 2. The number of ketones is 2. The van der Waals surface area contributed by atoms with Crippen molar-refractivity contribution in [3.63, 3.8) is 0 Å². The van der Waals surface area contributed by atoms with E-state index in [9.17, 15) is 19.2 Å². The molecule has 4 aromatic rings. The van der Waals surface area contributed by atoms with Crippen molar-refractivity contribution >= 4 is 45.9 Å². The molecule has 2 amide bonds. The third kappa shape index (κ3) is 4.78. The average molecular weight is 527 g/mol. The predicted molar refractivity (Wildman–Crippen MR) is 158 cm³/mol. The number of benzene rings is 4. The van der Waals surface area contributed by atoms with Gasteiger partial charge in [-0.2, -0.15) is 0 Å². The lowest BCUT2D eigenvalue weighted by Gasteiger charge is -2.22. The van der Waals surface area contributed by atoms with Crippen molar-refractivity contribution < 1.29 is 19.2 Å². The Bertz CT molecular complexity index is 1620. The molecular weight excluding hydrogens is 500 g/mol. The monoisotopic (exact) mass is 526 g/mol. The maximum atomic E-state index is 13.7. The van der Waals surface area contributed by atoms with Gasteiger partial charge < -0.3 is 10.6 Å². The first-order chi connectivity index (χ1) is 19.2. The van der Waals surface area contributed by atoms with Gasteiger partial charge in [-0.3, -0.25) is 19.2 Å². The maximum absolute atomic E-state index is 13.7. The van der Waals surface area contributed by atoms with Gasteiger partial charge in [-0.15, -0.1) is 0 Å². The van der Waals surface area contributed by atoms with Gasteiger partial charge in [0.15, 0.2) is 11.6 Å². The highest BCUT2D eigenvalue weighted by atomic mass is 16.2. The number of rotatable bonds is 6. The van der Waals surface area contributed by atoms with E-state index >= 15 is 0 Å². The number of nitrogens with one attached hydrogen (secondary N) is 2. The molecule has 0 saturated carbocycles. The number of carbonyl (C=O) groups is 4. The minimum atomic E-state index is -0.417. The molecule has 1 aliphatic carbocycles. The fourth-order valence-electron chi connectivity index (χ4n) is 4.65. The fraction of sp³-hybridized carbons (Fsp3) is 0.0588. The summed E-state index contributed by atoms with van der Waals surface area (Å²) in [5, 5.41) is 5.57. The highest BCUT2D eigenvalue weighted by Gasteiger charge is 2.34. The minimum absolute atomic E-state index is 0.116. The summed E-state index contributed by atoms with van der Waals surface area (Å²) in [5.41, 5.74) is 5.40. The number of hydrogen-bond donors (Lipinski definition) is 2. The van der Waals surface area contributed by atoms with Crippen LogP contribution in [0.2, 0.25) is 0 Å². The first kappa shape index (κ1) is 26.3. The highest BCUT2D eigenvalue weighted by Crippen LogP contribution is 2.35. The molecule has 2 N–H and O–H groups in total. The lowest BCUT2D eigenvalue weighted by atomic mass is 9.82. The second-order valence-electron chi connectivity index (χ2n) is 9.74. The summed E-state index contributed by atoms with van der Waals surface area (Å²) in [6.07, 6.45) is 0. The molecule has 1 aliphatic rings. The molecule has 0 atom stereocenters. The van der Waals surface area contributed by atoms with E-state index in [0.717, 1.165) is 22.3 Å². The summed E-state index contributed by atoms with van der Waals surface area (Å²) >= 11 is 0. The molecular formula is C34H26N2O4. The SMILES string of the molecule is C=C(C)c1ccc(C(=O)Nc2cccc3c2C(=O)c2cccc(NC(=O)c4ccc(C(=C)C)cc4)c2C3=O)cc1.